The monoisotopic (exact) mass is 471 g/mol. The molecule has 0 N–H and O–H groups in total. The average Bonchev–Trinajstić information content (AvgIpc) is 3.35. The largest absolute Gasteiger partial charge is 0.463 e. The van der Waals surface area contributed by atoms with Gasteiger partial charge in [0.25, 0.3) is 0 Å². The topological polar surface area (TPSA) is 72.0 Å². The average molecular weight is 472 g/mol. The number of anilines is 1. The van der Waals surface area contributed by atoms with Crippen LogP contribution in [-0.2, 0) is 20.8 Å². The molecule has 0 unspecified atom stereocenters. The zero-order valence-electron chi connectivity index (χ0n) is 20.0. The van der Waals surface area contributed by atoms with Gasteiger partial charge < -0.3 is 9.47 Å². The minimum absolute atomic E-state index is 0.0330. The summed E-state index contributed by atoms with van der Waals surface area (Å²) in [6, 6.07) is 7.90. The van der Waals surface area contributed by atoms with Gasteiger partial charge >= 0.3 is 12.1 Å². The Hall–Kier alpha value is -2.71. The van der Waals surface area contributed by atoms with Crippen molar-refractivity contribution in [1.29, 1.82) is 0 Å². The Bertz CT molecular complexity index is 978. The number of carbonyl (C=O) groups is 2. The van der Waals surface area contributed by atoms with Crippen molar-refractivity contribution >= 4 is 35.3 Å². The molecule has 3 heterocycles. The second-order valence-corrected chi connectivity index (χ2v) is 10.4. The van der Waals surface area contributed by atoms with Gasteiger partial charge in [-0.25, -0.2) is 14.6 Å². The van der Waals surface area contributed by atoms with Gasteiger partial charge in [-0.15, -0.1) is 11.3 Å². The quantitative estimate of drug-likeness (QED) is 0.416. The number of pyridine rings is 1. The van der Waals surface area contributed by atoms with Crippen LogP contribution in [0.15, 0.2) is 36.5 Å². The molecule has 1 amide bonds. The number of amides is 1. The number of nitrogens with zero attached hydrogens (tertiary/aromatic N) is 3. The molecule has 0 aliphatic carbocycles. The maximum atomic E-state index is 13.2. The van der Waals surface area contributed by atoms with E-state index in [9.17, 15) is 9.59 Å². The van der Waals surface area contributed by atoms with Gasteiger partial charge in [0, 0.05) is 41.7 Å². The number of aryl methyl sites for hydroxylation is 1. The van der Waals surface area contributed by atoms with Gasteiger partial charge in [-0.3, -0.25) is 9.80 Å². The highest BCUT2D eigenvalue weighted by Gasteiger charge is 2.35. The molecule has 0 aromatic carbocycles. The first-order valence-electron chi connectivity index (χ1n) is 11.3. The van der Waals surface area contributed by atoms with E-state index in [1.165, 1.54) is 15.8 Å². The van der Waals surface area contributed by atoms with Crippen LogP contribution in [0, 0.1) is 6.92 Å². The summed E-state index contributed by atoms with van der Waals surface area (Å²) in [7, 11) is 0. The maximum Gasteiger partial charge on any atom is 0.416 e. The molecule has 178 valence electrons. The van der Waals surface area contributed by atoms with Crippen LogP contribution in [0.3, 0.4) is 0 Å². The highest BCUT2D eigenvalue weighted by atomic mass is 32.1. The number of thiophene rings is 1. The number of carbonyl (C=O) groups excluding carboxylic acids is 2. The standard InChI is InChI=1S/C25H33N3O4S/c1-6-31-23(29)12-9-19-8-11-22(26-15-19)28(24(30)32-25(3,4)5)20-13-14-27(16-20)17-21-10-7-18(2)33-21/h7-12,15,20H,6,13-14,16-17H2,1-5H3/b12-9+/t20-/m1/s1. The van der Waals surface area contributed by atoms with Crippen LogP contribution < -0.4 is 4.90 Å². The van der Waals surface area contributed by atoms with Crippen LogP contribution in [0.25, 0.3) is 6.08 Å². The lowest BCUT2D eigenvalue weighted by atomic mass is 10.2. The fourth-order valence-electron chi connectivity index (χ4n) is 3.69. The van der Waals surface area contributed by atoms with E-state index in [1.54, 1.807) is 30.2 Å². The molecule has 8 heteroatoms. The minimum atomic E-state index is -0.607. The molecular weight excluding hydrogens is 438 g/mol. The molecule has 7 nitrogen and oxygen atoms in total. The Morgan fingerprint density at radius 2 is 2.06 bits per heavy atom. The zero-order chi connectivity index (χ0) is 24.0. The summed E-state index contributed by atoms with van der Waals surface area (Å²) >= 11 is 1.81. The predicted molar refractivity (Wildman–Crippen MR) is 131 cm³/mol. The van der Waals surface area contributed by atoms with Crippen LogP contribution >= 0.6 is 11.3 Å². The molecule has 0 bridgehead atoms. The normalized spacial score (nSPS) is 16.8. The first-order valence-corrected chi connectivity index (χ1v) is 12.1. The highest BCUT2D eigenvalue weighted by molar-refractivity contribution is 7.11. The molecule has 3 rings (SSSR count). The Morgan fingerprint density at radius 1 is 1.27 bits per heavy atom. The lowest BCUT2D eigenvalue weighted by molar-refractivity contribution is -0.137. The van der Waals surface area contributed by atoms with Gasteiger partial charge in [0.05, 0.1) is 12.6 Å². The fraction of sp³-hybridized carbons (Fsp3) is 0.480. The van der Waals surface area contributed by atoms with Crippen molar-refractivity contribution in [2.45, 2.75) is 59.2 Å². The van der Waals surface area contributed by atoms with Crippen LogP contribution in [0.5, 0.6) is 0 Å². The van der Waals surface area contributed by atoms with E-state index in [1.807, 2.05) is 38.2 Å². The van der Waals surface area contributed by atoms with Crippen LogP contribution in [0.1, 0.15) is 49.4 Å². The van der Waals surface area contributed by atoms with E-state index in [-0.39, 0.29) is 6.04 Å². The molecule has 1 aliphatic heterocycles. The van der Waals surface area contributed by atoms with Crippen molar-refractivity contribution in [1.82, 2.24) is 9.88 Å². The van der Waals surface area contributed by atoms with E-state index in [0.717, 1.165) is 31.6 Å². The van der Waals surface area contributed by atoms with Gasteiger partial charge in [0.15, 0.2) is 0 Å². The fourth-order valence-corrected chi connectivity index (χ4v) is 4.62. The van der Waals surface area contributed by atoms with Crippen molar-refractivity contribution in [3.63, 3.8) is 0 Å². The second kappa shape index (κ2) is 10.9. The van der Waals surface area contributed by atoms with Crippen LogP contribution in [0.2, 0.25) is 0 Å². The third kappa shape index (κ3) is 7.40. The molecule has 1 atom stereocenters. The molecule has 0 spiro atoms. The maximum absolute atomic E-state index is 13.2. The SMILES string of the molecule is CCOC(=O)/C=C/c1ccc(N(C(=O)OC(C)(C)C)[C@@H]2CCN(Cc3ccc(C)s3)C2)nc1. The Labute approximate surface area is 200 Å². The second-order valence-electron chi connectivity index (χ2n) is 9.08. The van der Waals surface area contributed by atoms with Crippen molar-refractivity contribution in [2.75, 3.05) is 24.6 Å². The molecule has 33 heavy (non-hydrogen) atoms. The van der Waals surface area contributed by atoms with Gasteiger partial charge in [-0.1, -0.05) is 0 Å². The van der Waals surface area contributed by atoms with E-state index in [0.29, 0.717) is 12.4 Å². The number of likely N-dealkylation sites (tertiary alicyclic amines) is 1. The van der Waals surface area contributed by atoms with Gasteiger partial charge in [0.1, 0.15) is 11.4 Å². The summed E-state index contributed by atoms with van der Waals surface area (Å²) in [5.74, 6) is 0.139. The third-order valence-electron chi connectivity index (χ3n) is 5.09. The minimum Gasteiger partial charge on any atom is -0.463 e. The molecule has 1 fully saturated rings. The third-order valence-corrected chi connectivity index (χ3v) is 6.08. The zero-order valence-corrected chi connectivity index (χ0v) is 20.9. The smallest absolute Gasteiger partial charge is 0.416 e. The Balaban J connectivity index is 1.75. The number of rotatable bonds is 7. The Morgan fingerprint density at radius 3 is 2.67 bits per heavy atom. The van der Waals surface area contributed by atoms with Crippen molar-refractivity contribution in [3.05, 3.63) is 51.9 Å². The van der Waals surface area contributed by atoms with Gasteiger partial charge in [-0.2, -0.15) is 0 Å². The number of ether oxygens (including phenoxy) is 2. The van der Waals surface area contributed by atoms with Crippen LogP contribution in [0.4, 0.5) is 10.6 Å². The summed E-state index contributed by atoms with van der Waals surface area (Å²) in [6.07, 6.45) is 5.10. The molecule has 2 aromatic heterocycles. The first kappa shape index (κ1) is 24.9. The number of aromatic nitrogens is 1. The van der Waals surface area contributed by atoms with Crippen molar-refractivity contribution in [3.8, 4) is 0 Å². The molecular formula is C25H33N3O4S. The Kier molecular flexibility index (Phi) is 8.26. The first-order chi connectivity index (χ1) is 15.6. The molecule has 2 aromatic rings. The van der Waals surface area contributed by atoms with Crippen molar-refractivity contribution in [2.24, 2.45) is 0 Å². The number of hydrogen-bond acceptors (Lipinski definition) is 7. The summed E-state index contributed by atoms with van der Waals surface area (Å²) in [5.41, 5.74) is 0.141. The van der Waals surface area contributed by atoms with E-state index in [4.69, 9.17) is 9.47 Å². The highest BCUT2D eigenvalue weighted by Crippen LogP contribution is 2.27. The molecule has 1 saturated heterocycles. The van der Waals surface area contributed by atoms with Crippen molar-refractivity contribution < 1.29 is 19.1 Å². The predicted octanol–water partition coefficient (Wildman–Crippen LogP) is 5.04. The lowest BCUT2D eigenvalue weighted by Gasteiger charge is -2.31. The van der Waals surface area contributed by atoms with E-state index >= 15 is 0 Å². The van der Waals surface area contributed by atoms with E-state index in [2.05, 4.69) is 28.9 Å². The van der Waals surface area contributed by atoms with E-state index < -0.39 is 17.7 Å². The van der Waals surface area contributed by atoms with Gasteiger partial charge in [-0.05, 0) is 76.9 Å². The summed E-state index contributed by atoms with van der Waals surface area (Å²) in [6.45, 7) is 12.3. The molecule has 0 radical (unpaired) electrons. The summed E-state index contributed by atoms with van der Waals surface area (Å²) in [4.78, 5) is 35.9. The molecule has 0 saturated carbocycles. The summed E-state index contributed by atoms with van der Waals surface area (Å²) < 4.78 is 10.6. The summed E-state index contributed by atoms with van der Waals surface area (Å²) in [5, 5.41) is 0. The van der Waals surface area contributed by atoms with Crippen LogP contribution in [-0.4, -0.2) is 53.3 Å². The molecule has 1 aliphatic rings. The number of esters is 1. The lowest BCUT2D eigenvalue weighted by Crippen LogP contribution is -2.45. The van der Waals surface area contributed by atoms with Gasteiger partial charge in [0.2, 0.25) is 0 Å². The number of hydrogen-bond donors (Lipinski definition) is 0.